The van der Waals surface area contributed by atoms with Gasteiger partial charge < -0.3 is 5.73 Å². The van der Waals surface area contributed by atoms with E-state index in [4.69, 9.17) is 17.3 Å². The van der Waals surface area contributed by atoms with Crippen LogP contribution in [0.15, 0.2) is 53.3 Å². The van der Waals surface area contributed by atoms with Crippen LogP contribution in [0.1, 0.15) is 11.1 Å². The van der Waals surface area contributed by atoms with Crippen LogP contribution in [0.2, 0.25) is 5.02 Å². The van der Waals surface area contributed by atoms with Crippen molar-refractivity contribution in [2.45, 2.75) is 0 Å². The van der Waals surface area contributed by atoms with E-state index in [1.807, 2.05) is 42.5 Å². The molecule has 2 rings (SSSR count). The lowest BCUT2D eigenvalue weighted by Gasteiger charge is -1.93. The summed E-state index contributed by atoms with van der Waals surface area (Å²) < 4.78 is 0. The molecule has 0 radical (unpaired) electrons. The largest absolute Gasteiger partial charge is 0.396 e. The summed E-state index contributed by atoms with van der Waals surface area (Å²) in [5, 5.41) is 0.710. The molecule has 0 atom stereocenters. The van der Waals surface area contributed by atoms with Crippen LogP contribution in [-0.2, 0) is 0 Å². The standard InChI is InChI=1S/C15H12ClNO/c16-13-7-3-11(4-8-13)1-2-12-5-9-14(17)15(18)10-6-12/h1-10H,(H2,17,18). The molecule has 0 aromatic heterocycles. The van der Waals surface area contributed by atoms with Crippen molar-refractivity contribution in [3.63, 3.8) is 0 Å². The molecule has 0 aliphatic carbocycles. The Balaban J connectivity index is 2.27. The van der Waals surface area contributed by atoms with Crippen LogP contribution in [-0.4, -0.2) is 0 Å². The highest BCUT2D eigenvalue weighted by molar-refractivity contribution is 6.30. The molecule has 0 amide bonds. The third-order valence-electron chi connectivity index (χ3n) is 2.51. The van der Waals surface area contributed by atoms with Crippen molar-refractivity contribution < 1.29 is 0 Å². The summed E-state index contributed by atoms with van der Waals surface area (Å²) >= 11 is 5.81. The normalized spacial score (nSPS) is 10.7. The van der Waals surface area contributed by atoms with E-state index in [0.29, 0.717) is 5.02 Å². The fourth-order valence-electron chi connectivity index (χ4n) is 1.47. The third-order valence-corrected chi connectivity index (χ3v) is 2.76. The molecule has 0 aliphatic heterocycles. The first-order valence-corrected chi connectivity index (χ1v) is 5.86. The lowest BCUT2D eigenvalue weighted by atomic mass is 10.2. The molecule has 2 nitrogen and oxygen atoms in total. The number of rotatable bonds is 2. The second-order valence-electron chi connectivity index (χ2n) is 3.87. The van der Waals surface area contributed by atoms with Gasteiger partial charge >= 0.3 is 0 Å². The number of nitrogens with two attached hydrogens (primary N) is 1. The maximum Gasteiger partial charge on any atom is 0.201 e. The first kappa shape index (κ1) is 12.4. The molecule has 2 aromatic rings. The molecule has 3 heteroatoms. The minimum atomic E-state index is -0.166. The zero-order chi connectivity index (χ0) is 13.0. The summed E-state index contributed by atoms with van der Waals surface area (Å²) in [5.74, 6) is 0. The van der Waals surface area contributed by atoms with Gasteiger partial charge in [-0.3, -0.25) is 4.79 Å². The number of benzene rings is 1. The predicted molar refractivity (Wildman–Crippen MR) is 77.5 cm³/mol. The van der Waals surface area contributed by atoms with Gasteiger partial charge in [0.2, 0.25) is 5.43 Å². The van der Waals surface area contributed by atoms with E-state index < -0.39 is 0 Å². The minimum absolute atomic E-state index is 0.166. The lowest BCUT2D eigenvalue weighted by Crippen LogP contribution is -2.01. The SMILES string of the molecule is Nc1ccc(C=Cc2ccc(Cl)cc2)ccc1=O. The number of hydrogen-bond donors (Lipinski definition) is 1. The fraction of sp³-hybridized carbons (Fsp3) is 0. The van der Waals surface area contributed by atoms with Gasteiger partial charge in [-0.25, -0.2) is 0 Å². The topological polar surface area (TPSA) is 43.1 Å². The Morgan fingerprint density at radius 1 is 0.833 bits per heavy atom. The Kier molecular flexibility index (Phi) is 3.80. The lowest BCUT2D eigenvalue weighted by molar-refractivity contribution is 1.65. The van der Waals surface area contributed by atoms with Gasteiger partial charge in [0, 0.05) is 5.02 Å². The van der Waals surface area contributed by atoms with E-state index in [1.165, 1.54) is 6.07 Å². The molecule has 0 bridgehead atoms. The zero-order valence-electron chi connectivity index (χ0n) is 9.64. The van der Waals surface area contributed by atoms with E-state index in [1.54, 1.807) is 12.1 Å². The second-order valence-corrected chi connectivity index (χ2v) is 4.31. The average Bonchev–Trinajstić information content (AvgIpc) is 2.53. The van der Waals surface area contributed by atoms with Crippen molar-refractivity contribution in [1.82, 2.24) is 0 Å². The fourth-order valence-corrected chi connectivity index (χ4v) is 1.60. The molecule has 90 valence electrons. The van der Waals surface area contributed by atoms with Gasteiger partial charge in [0.25, 0.3) is 0 Å². The Hall–Kier alpha value is -2.06. The Bertz CT molecular complexity index is 633. The third kappa shape index (κ3) is 3.22. The van der Waals surface area contributed by atoms with Crippen molar-refractivity contribution in [1.29, 1.82) is 0 Å². The smallest absolute Gasteiger partial charge is 0.201 e. The summed E-state index contributed by atoms with van der Waals surface area (Å²) in [6.45, 7) is 0. The maximum atomic E-state index is 11.3. The number of anilines is 1. The molecule has 2 N–H and O–H groups in total. The average molecular weight is 258 g/mol. The zero-order valence-corrected chi connectivity index (χ0v) is 10.4. The van der Waals surface area contributed by atoms with Crippen molar-refractivity contribution >= 4 is 29.4 Å². The van der Waals surface area contributed by atoms with Gasteiger partial charge in [-0.15, -0.1) is 0 Å². The molecule has 0 fully saturated rings. The number of hydrogen-bond acceptors (Lipinski definition) is 2. The van der Waals surface area contributed by atoms with E-state index in [9.17, 15) is 4.79 Å². The maximum absolute atomic E-state index is 11.3. The van der Waals surface area contributed by atoms with Gasteiger partial charge in [0.05, 0.1) is 5.69 Å². The molecular formula is C15H12ClNO. The van der Waals surface area contributed by atoms with Crippen LogP contribution < -0.4 is 11.2 Å². The highest BCUT2D eigenvalue weighted by Crippen LogP contribution is 2.12. The van der Waals surface area contributed by atoms with Crippen LogP contribution >= 0.6 is 11.6 Å². The van der Waals surface area contributed by atoms with Crippen LogP contribution in [0, 0.1) is 0 Å². The van der Waals surface area contributed by atoms with E-state index >= 15 is 0 Å². The molecular weight excluding hydrogens is 246 g/mol. The van der Waals surface area contributed by atoms with E-state index in [2.05, 4.69) is 0 Å². The van der Waals surface area contributed by atoms with Gasteiger partial charge in [0.15, 0.2) is 0 Å². The van der Waals surface area contributed by atoms with Crippen LogP contribution in [0.4, 0.5) is 5.69 Å². The summed E-state index contributed by atoms with van der Waals surface area (Å²) in [6, 6.07) is 14.2. The van der Waals surface area contributed by atoms with E-state index in [0.717, 1.165) is 11.1 Å². The molecule has 18 heavy (non-hydrogen) atoms. The summed E-state index contributed by atoms with van der Waals surface area (Å²) in [6.07, 6.45) is 3.87. The highest BCUT2D eigenvalue weighted by atomic mass is 35.5. The second kappa shape index (κ2) is 5.52. The van der Waals surface area contributed by atoms with Crippen molar-refractivity contribution in [2.75, 3.05) is 5.73 Å². The molecule has 0 saturated carbocycles. The van der Waals surface area contributed by atoms with Crippen molar-refractivity contribution in [3.05, 3.63) is 74.9 Å². The molecule has 2 aromatic carbocycles. The molecule has 0 spiro atoms. The monoisotopic (exact) mass is 257 g/mol. The van der Waals surface area contributed by atoms with Gasteiger partial charge in [-0.05, 0) is 35.4 Å². The summed E-state index contributed by atoms with van der Waals surface area (Å²) in [7, 11) is 0. The highest BCUT2D eigenvalue weighted by Gasteiger charge is 1.91. The van der Waals surface area contributed by atoms with Crippen LogP contribution in [0.5, 0.6) is 0 Å². The first-order chi connectivity index (χ1) is 8.65. The summed E-state index contributed by atoms with van der Waals surface area (Å²) in [5.41, 5.74) is 7.59. The predicted octanol–water partition coefficient (Wildman–Crippen LogP) is 3.45. The Labute approximate surface area is 110 Å². The Morgan fingerprint density at radius 2 is 1.33 bits per heavy atom. The van der Waals surface area contributed by atoms with Crippen LogP contribution in [0.25, 0.3) is 12.2 Å². The Morgan fingerprint density at radius 3 is 1.94 bits per heavy atom. The number of nitrogen functional groups attached to an aromatic ring is 1. The quantitative estimate of drug-likeness (QED) is 0.895. The molecule has 0 saturated heterocycles. The van der Waals surface area contributed by atoms with Gasteiger partial charge in [0.1, 0.15) is 0 Å². The summed E-state index contributed by atoms with van der Waals surface area (Å²) in [4.78, 5) is 11.3. The minimum Gasteiger partial charge on any atom is -0.396 e. The molecule has 0 aliphatic rings. The van der Waals surface area contributed by atoms with E-state index in [-0.39, 0.29) is 11.1 Å². The van der Waals surface area contributed by atoms with Gasteiger partial charge in [-0.2, -0.15) is 0 Å². The van der Waals surface area contributed by atoms with Gasteiger partial charge in [-0.1, -0.05) is 48.0 Å². The molecule has 0 heterocycles. The number of halogens is 1. The van der Waals surface area contributed by atoms with Crippen LogP contribution in [0.3, 0.4) is 0 Å². The van der Waals surface area contributed by atoms with Crippen molar-refractivity contribution in [2.24, 2.45) is 0 Å². The first-order valence-electron chi connectivity index (χ1n) is 5.49. The van der Waals surface area contributed by atoms with Crippen molar-refractivity contribution in [3.8, 4) is 0 Å². The molecule has 0 unspecified atom stereocenters.